The molecule has 13 heteroatoms. The van der Waals surface area contributed by atoms with E-state index in [4.69, 9.17) is 10.9 Å². The van der Waals surface area contributed by atoms with Gasteiger partial charge in [-0.25, -0.2) is 27.9 Å². The van der Waals surface area contributed by atoms with Crippen molar-refractivity contribution in [1.82, 2.24) is 24.1 Å². The molecular formula is C23H16FN7O4S. The standard InChI is InChI=1S/C23H16FN7O4S/c24-17-9-13(16-6-7-27-10-19(16)36(26,34)35)4-5-18(17)31-12-29-22-20(23(31)33)30(11-28-22)15-3-1-2-14(8-15)21(25)32/h1-12H,(H2,25,32)(H2,26,34,35). The third kappa shape index (κ3) is 3.91. The van der Waals surface area contributed by atoms with Gasteiger partial charge in [0.2, 0.25) is 15.9 Å². The summed E-state index contributed by atoms with van der Waals surface area (Å²) in [4.78, 5) is 36.8. The van der Waals surface area contributed by atoms with Gasteiger partial charge in [0.05, 0.1) is 5.69 Å². The van der Waals surface area contributed by atoms with Crippen LogP contribution in [0.15, 0.2) is 83.3 Å². The van der Waals surface area contributed by atoms with Gasteiger partial charge in [-0.1, -0.05) is 12.1 Å². The van der Waals surface area contributed by atoms with E-state index in [0.717, 1.165) is 23.2 Å². The van der Waals surface area contributed by atoms with E-state index in [2.05, 4.69) is 15.0 Å². The van der Waals surface area contributed by atoms with Crippen molar-refractivity contribution in [2.75, 3.05) is 0 Å². The van der Waals surface area contributed by atoms with E-state index >= 15 is 4.39 Å². The quantitative estimate of drug-likeness (QED) is 0.365. The largest absolute Gasteiger partial charge is 0.366 e. The highest BCUT2D eigenvalue weighted by atomic mass is 32.2. The zero-order valence-electron chi connectivity index (χ0n) is 18.2. The summed E-state index contributed by atoms with van der Waals surface area (Å²) in [5.41, 5.74) is 5.83. The first-order chi connectivity index (χ1) is 17.1. The van der Waals surface area contributed by atoms with Crippen LogP contribution in [0.4, 0.5) is 4.39 Å². The lowest BCUT2D eigenvalue weighted by Gasteiger charge is -2.11. The molecule has 0 atom stereocenters. The summed E-state index contributed by atoms with van der Waals surface area (Å²) in [6, 6.07) is 11.5. The monoisotopic (exact) mass is 505 g/mol. The van der Waals surface area contributed by atoms with Crippen LogP contribution in [-0.2, 0) is 10.0 Å². The second kappa shape index (κ2) is 8.48. The molecule has 4 N–H and O–H groups in total. The first-order valence-electron chi connectivity index (χ1n) is 10.3. The minimum atomic E-state index is -4.11. The van der Waals surface area contributed by atoms with Crippen molar-refractivity contribution >= 4 is 27.1 Å². The van der Waals surface area contributed by atoms with Crippen LogP contribution in [0.3, 0.4) is 0 Å². The summed E-state index contributed by atoms with van der Waals surface area (Å²) in [5, 5.41) is 5.26. The molecule has 0 bridgehead atoms. The van der Waals surface area contributed by atoms with Gasteiger partial charge in [-0.2, -0.15) is 0 Å². The summed E-state index contributed by atoms with van der Waals surface area (Å²) in [7, 11) is -4.11. The maximum Gasteiger partial charge on any atom is 0.284 e. The molecule has 0 unspecified atom stereocenters. The second-order valence-corrected chi connectivity index (χ2v) is 9.23. The Kier molecular flexibility index (Phi) is 5.42. The Hall–Kier alpha value is -4.75. The molecule has 0 aliphatic carbocycles. The minimum Gasteiger partial charge on any atom is -0.366 e. The maximum absolute atomic E-state index is 15.3. The number of aromatic nitrogens is 5. The van der Waals surface area contributed by atoms with Crippen molar-refractivity contribution in [1.29, 1.82) is 0 Å². The van der Waals surface area contributed by atoms with Gasteiger partial charge in [0.15, 0.2) is 11.2 Å². The zero-order chi connectivity index (χ0) is 25.6. The lowest BCUT2D eigenvalue weighted by molar-refractivity contribution is 0.1000. The Morgan fingerprint density at radius 3 is 2.44 bits per heavy atom. The fourth-order valence-corrected chi connectivity index (χ4v) is 4.50. The van der Waals surface area contributed by atoms with Crippen molar-refractivity contribution in [3.05, 3.63) is 95.3 Å². The number of sulfonamides is 1. The molecule has 36 heavy (non-hydrogen) atoms. The summed E-state index contributed by atoms with van der Waals surface area (Å²) in [6.07, 6.45) is 4.93. The van der Waals surface area contributed by atoms with E-state index in [9.17, 15) is 18.0 Å². The molecule has 0 spiro atoms. The van der Waals surface area contributed by atoms with Crippen molar-refractivity contribution in [2.24, 2.45) is 10.9 Å². The molecule has 0 aliphatic heterocycles. The molecule has 0 saturated carbocycles. The lowest BCUT2D eigenvalue weighted by Crippen LogP contribution is -2.21. The fourth-order valence-electron chi connectivity index (χ4n) is 3.80. The number of nitrogens with two attached hydrogens (primary N) is 2. The van der Waals surface area contributed by atoms with E-state index in [1.54, 1.807) is 12.1 Å². The zero-order valence-corrected chi connectivity index (χ0v) is 19.1. The molecule has 2 aromatic carbocycles. The topological polar surface area (TPSA) is 169 Å². The van der Waals surface area contributed by atoms with Gasteiger partial charge in [-0.05, 0) is 42.0 Å². The van der Waals surface area contributed by atoms with Gasteiger partial charge in [-0.15, -0.1) is 0 Å². The third-order valence-electron chi connectivity index (χ3n) is 5.48. The van der Waals surface area contributed by atoms with Crippen LogP contribution >= 0.6 is 0 Å². The van der Waals surface area contributed by atoms with Gasteiger partial charge in [-0.3, -0.25) is 23.7 Å². The lowest BCUT2D eigenvalue weighted by atomic mass is 10.1. The third-order valence-corrected chi connectivity index (χ3v) is 6.42. The molecule has 1 amide bonds. The molecule has 0 saturated heterocycles. The Morgan fingerprint density at radius 1 is 1.00 bits per heavy atom. The number of amides is 1. The number of nitrogens with zero attached hydrogens (tertiary/aromatic N) is 5. The summed E-state index contributed by atoms with van der Waals surface area (Å²) in [5.74, 6) is -1.45. The number of primary sulfonamides is 1. The number of carbonyl (C=O) groups is 1. The van der Waals surface area contributed by atoms with Crippen molar-refractivity contribution in [3.63, 3.8) is 0 Å². The van der Waals surface area contributed by atoms with Crippen molar-refractivity contribution < 1.29 is 17.6 Å². The van der Waals surface area contributed by atoms with E-state index in [1.807, 2.05) is 0 Å². The van der Waals surface area contributed by atoms with Crippen LogP contribution in [0, 0.1) is 5.82 Å². The molecule has 180 valence electrons. The number of rotatable bonds is 5. The Balaban J connectivity index is 1.64. The molecular weight excluding hydrogens is 489 g/mol. The normalized spacial score (nSPS) is 11.6. The van der Waals surface area contributed by atoms with Gasteiger partial charge >= 0.3 is 0 Å². The first kappa shape index (κ1) is 23.0. The van der Waals surface area contributed by atoms with Gasteiger partial charge in [0.1, 0.15) is 23.4 Å². The average Bonchev–Trinajstić information content (AvgIpc) is 3.29. The summed E-state index contributed by atoms with van der Waals surface area (Å²) in [6.45, 7) is 0. The molecule has 11 nitrogen and oxygen atoms in total. The van der Waals surface area contributed by atoms with E-state index < -0.39 is 27.3 Å². The predicted molar refractivity (Wildman–Crippen MR) is 128 cm³/mol. The van der Waals surface area contributed by atoms with E-state index in [-0.39, 0.29) is 38.4 Å². The van der Waals surface area contributed by atoms with Crippen molar-refractivity contribution in [2.45, 2.75) is 4.90 Å². The van der Waals surface area contributed by atoms with Crippen LogP contribution in [0.2, 0.25) is 0 Å². The number of fused-ring (bicyclic) bond motifs is 1. The predicted octanol–water partition coefficient (Wildman–Crippen LogP) is 1.52. The van der Waals surface area contributed by atoms with Gasteiger partial charge in [0, 0.05) is 29.2 Å². The maximum atomic E-state index is 15.3. The smallest absolute Gasteiger partial charge is 0.284 e. The number of pyridine rings is 1. The highest BCUT2D eigenvalue weighted by Crippen LogP contribution is 2.28. The van der Waals surface area contributed by atoms with Crippen LogP contribution in [0.25, 0.3) is 33.7 Å². The molecule has 0 fully saturated rings. The van der Waals surface area contributed by atoms with E-state index in [0.29, 0.717) is 5.69 Å². The number of hydrogen-bond donors (Lipinski definition) is 2. The first-order valence-corrected chi connectivity index (χ1v) is 11.8. The average molecular weight is 505 g/mol. The molecule has 5 rings (SSSR count). The number of halogens is 1. The van der Waals surface area contributed by atoms with Gasteiger partial charge in [0.25, 0.3) is 5.56 Å². The Labute approximate surface area is 202 Å². The molecule has 3 aromatic heterocycles. The molecule has 3 heterocycles. The van der Waals surface area contributed by atoms with Crippen LogP contribution in [0.1, 0.15) is 10.4 Å². The number of imidazole rings is 1. The number of primary amides is 1. The molecule has 0 radical (unpaired) electrons. The molecule has 5 aromatic rings. The van der Waals surface area contributed by atoms with Crippen LogP contribution < -0.4 is 16.4 Å². The SMILES string of the molecule is NC(=O)c1cccc(-n2cnc3ncn(-c4ccc(-c5ccncc5S(N)(=O)=O)cc4F)c(=O)c32)c1. The van der Waals surface area contributed by atoms with E-state index in [1.165, 1.54) is 47.4 Å². The number of carbonyl (C=O) groups excluding carboxylic acids is 1. The Bertz CT molecular complexity index is 1850. The highest BCUT2D eigenvalue weighted by Gasteiger charge is 2.19. The number of benzene rings is 2. The van der Waals surface area contributed by atoms with Crippen molar-refractivity contribution in [3.8, 4) is 22.5 Å². The summed E-state index contributed by atoms with van der Waals surface area (Å²) >= 11 is 0. The highest BCUT2D eigenvalue weighted by molar-refractivity contribution is 7.89. The second-order valence-electron chi connectivity index (χ2n) is 7.70. The Morgan fingerprint density at radius 2 is 1.75 bits per heavy atom. The molecule has 0 aliphatic rings. The van der Waals surface area contributed by atoms with Crippen LogP contribution in [-0.4, -0.2) is 38.4 Å². The minimum absolute atomic E-state index is 0.0493. The van der Waals surface area contributed by atoms with Crippen LogP contribution in [0.5, 0.6) is 0 Å². The fraction of sp³-hybridized carbons (Fsp3) is 0. The van der Waals surface area contributed by atoms with Gasteiger partial charge < -0.3 is 5.73 Å². The number of hydrogen-bond acceptors (Lipinski definition) is 7. The summed E-state index contributed by atoms with van der Waals surface area (Å²) < 4.78 is 41.5.